The molecule has 3 N–H and O–H groups in total. The number of benzene rings is 1. The van der Waals surface area contributed by atoms with Crippen LogP contribution >= 0.6 is 0 Å². The van der Waals surface area contributed by atoms with Crippen LogP contribution in [0.1, 0.15) is 34.8 Å². The first-order chi connectivity index (χ1) is 9.16. The zero-order chi connectivity index (χ0) is 13.4. The van der Waals surface area contributed by atoms with E-state index in [9.17, 15) is 4.79 Å². The number of nitrogens with one attached hydrogen (secondary N) is 1. The third-order valence-electron chi connectivity index (χ3n) is 3.36. The van der Waals surface area contributed by atoms with E-state index in [0.29, 0.717) is 23.0 Å². The maximum absolute atomic E-state index is 12.1. The Morgan fingerprint density at radius 3 is 2.68 bits per heavy atom. The van der Waals surface area contributed by atoms with E-state index in [2.05, 4.69) is 10.4 Å². The Morgan fingerprint density at radius 1 is 1.37 bits per heavy atom. The molecule has 5 nitrogen and oxygen atoms in total. The van der Waals surface area contributed by atoms with Gasteiger partial charge in [0.05, 0.1) is 11.4 Å². The van der Waals surface area contributed by atoms with Gasteiger partial charge in [-0.3, -0.25) is 9.48 Å². The zero-order valence-corrected chi connectivity index (χ0v) is 10.8. The van der Waals surface area contributed by atoms with E-state index >= 15 is 0 Å². The fraction of sp³-hybridized carbons (Fsp3) is 0.286. The normalized spacial score (nSPS) is 14.4. The monoisotopic (exact) mass is 256 g/mol. The van der Waals surface area contributed by atoms with E-state index < -0.39 is 0 Å². The van der Waals surface area contributed by atoms with Crippen molar-refractivity contribution >= 4 is 17.4 Å². The zero-order valence-electron chi connectivity index (χ0n) is 10.8. The molecule has 3 rings (SSSR count). The summed E-state index contributed by atoms with van der Waals surface area (Å²) in [5.41, 5.74) is 8.29. The van der Waals surface area contributed by atoms with Crippen molar-refractivity contribution in [1.82, 2.24) is 9.78 Å². The maximum Gasteiger partial charge on any atom is 0.256 e. The Labute approximate surface area is 111 Å². The largest absolute Gasteiger partial charge is 0.394 e. The van der Waals surface area contributed by atoms with Crippen LogP contribution in [0.4, 0.5) is 11.5 Å². The quantitative estimate of drug-likeness (QED) is 0.883. The van der Waals surface area contributed by atoms with Gasteiger partial charge in [0, 0.05) is 18.5 Å². The second-order valence-corrected chi connectivity index (χ2v) is 4.87. The minimum atomic E-state index is -0.187. The van der Waals surface area contributed by atoms with Crippen molar-refractivity contribution < 1.29 is 4.79 Å². The molecule has 2 aromatic rings. The number of hydrogen-bond donors (Lipinski definition) is 2. The van der Waals surface area contributed by atoms with Crippen molar-refractivity contribution in [3.63, 3.8) is 0 Å². The second kappa shape index (κ2) is 4.42. The molecule has 0 saturated heterocycles. The van der Waals surface area contributed by atoms with Gasteiger partial charge in [-0.2, -0.15) is 5.10 Å². The number of nitrogens with zero attached hydrogens (tertiary/aromatic N) is 2. The van der Waals surface area contributed by atoms with Gasteiger partial charge >= 0.3 is 0 Å². The van der Waals surface area contributed by atoms with Crippen LogP contribution in [-0.4, -0.2) is 15.7 Å². The van der Waals surface area contributed by atoms with Crippen LogP contribution in [0.25, 0.3) is 0 Å². The molecule has 1 aromatic carbocycles. The molecule has 0 atom stereocenters. The Balaban J connectivity index is 1.84. The smallest absolute Gasteiger partial charge is 0.256 e. The third kappa shape index (κ3) is 2.19. The van der Waals surface area contributed by atoms with Gasteiger partial charge in [-0.05, 0) is 25.0 Å². The number of aryl methyl sites for hydroxylation is 1. The molecular formula is C14H16N4O. The maximum atomic E-state index is 12.1. The SMILES string of the molecule is Cn1nc(NC(=O)c2ccccc2)c(N)c1C1CC1. The average Bonchev–Trinajstić information content (AvgIpc) is 3.19. The first-order valence-electron chi connectivity index (χ1n) is 6.35. The number of carbonyl (C=O) groups is 1. The summed E-state index contributed by atoms with van der Waals surface area (Å²) in [6.07, 6.45) is 2.30. The van der Waals surface area contributed by atoms with Crippen LogP contribution in [0, 0.1) is 0 Å². The predicted molar refractivity (Wildman–Crippen MR) is 74.0 cm³/mol. The summed E-state index contributed by atoms with van der Waals surface area (Å²) < 4.78 is 1.77. The Hall–Kier alpha value is -2.30. The van der Waals surface area contributed by atoms with Gasteiger partial charge in [0.1, 0.15) is 0 Å². The summed E-state index contributed by atoms with van der Waals surface area (Å²) in [7, 11) is 1.86. The molecule has 0 spiro atoms. The fourth-order valence-electron chi connectivity index (χ4n) is 2.26. The number of nitrogen functional groups attached to an aromatic ring is 1. The molecule has 5 heteroatoms. The minimum Gasteiger partial charge on any atom is -0.394 e. The lowest BCUT2D eigenvalue weighted by Gasteiger charge is -2.03. The van der Waals surface area contributed by atoms with E-state index in [1.807, 2.05) is 25.2 Å². The van der Waals surface area contributed by atoms with Crippen LogP contribution in [-0.2, 0) is 7.05 Å². The summed E-state index contributed by atoms with van der Waals surface area (Å²) >= 11 is 0. The van der Waals surface area contributed by atoms with E-state index in [1.165, 1.54) is 0 Å². The Morgan fingerprint density at radius 2 is 2.05 bits per heavy atom. The number of hydrogen-bond acceptors (Lipinski definition) is 3. The molecule has 0 unspecified atom stereocenters. The lowest BCUT2D eigenvalue weighted by molar-refractivity contribution is 0.102. The topological polar surface area (TPSA) is 72.9 Å². The van der Waals surface area contributed by atoms with E-state index in [-0.39, 0.29) is 5.91 Å². The highest BCUT2D eigenvalue weighted by Gasteiger charge is 2.31. The lowest BCUT2D eigenvalue weighted by atomic mass is 10.2. The highest BCUT2D eigenvalue weighted by molar-refractivity contribution is 6.05. The van der Waals surface area contributed by atoms with Gasteiger partial charge in [0.15, 0.2) is 5.82 Å². The first kappa shape index (κ1) is 11.8. The molecular weight excluding hydrogens is 240 g/mol. The number of anilines is 2. The van der Waals surface area contributed by atoms with Crippen LogP contribution < -0.4 is 11.1 Å². The molecule has 1 heterocycles. The Kier molecular flexibility index (Phi) is 2.74. The second-order valence-electron chi connectivity index (χ2n) is 4.87. The molecule has 19 heavy (non-hydrogen) atoms. The minimum absolute atomic E-state index is 0.187. The van der Waals surface area contributed by atoms with Gasteiger partial charge in [-0.15, -0.1) is 0 Å². The molecule has 1 aliphatic carbocycles. The van der Waals surface area contributed by atoms with Crippen molar-refractivity contribution in [1.29, 1.82) is 0 Å². The van der Waals surface area contributed by atoms with Gasteiger partial charge in [0.2, 0.25) is 0 Å². The average molecular weight is 256 g/mol. The molecule has 1 aromatic heterocycles. The van der Waals surface area contributed by atoms with E-state index in [1.54, 1.807) is 16.8 Å². The first-order valence-corrected chi connectivity index (χ1v) is 6.35. The van der Waals surface area contributed by atoms with E-state index in [0.717, 1.165) is 18.5 Å². The van der Waals surface area contributed by atoms with Crippen LogP contribution in [0.3, 0.4) is 0 Å². The van der Waals surface area contributed by atoms with E-state index in [4.69, 9.17) is 5.73 Å². The number of amides is 1. The molecule has 1 amide bonds. The molecule has 98 valence electrons. The van der Waals surface area contributed by atoms with Gasteiger partial charge < -0.3 is 11.1 Å². The number of aromatic nitrogens is 2. The molecule has 0 radical (unpaired) electrons. The van der Waals surface area contributed by atoms with Crippen LogP contribution in [0.5, 0.6) is 0 Å². The molecule has 0 aliphatic heterocycles. The standard InChI is InChI=1S/C14H16N4O/c1-18-12(9-7-8-9)11(15)13(17-18)16-14(19)10-5-3-2-4-6-10/h2-6,9H,7-8,15H2,1H3,(H,16,17,19). The Bertz CT molecular complexity index is 614. The van der Waals surface area contributed by atoms with Gasteiger partial charge in [-0.1, -0.05) is 18.2 Å². The van der Waals surface area contributed by atoms with Crippen molar-refractivity contribution in [2.45, 2.75) is 18.8 Å². The number of rotatable bonds is 3. The van der Waals surface area contributed by atoms with Crippen LogP contribution in [0.2, 0.25) is 0 Å². The number of nitrogens with two attached hydrogens (primary N) is 1. The van der Waals surface area contributed by atoms with Crippen molar-refractivity contribution in [3.8, 4) is 0 Å². The highest BCUT2D eigenvalue weighted by Crippen LogP contribution is 2.44. The molecule has 0 bridgehead atoms. The predicted octanol–water partition coefficient (Wildman–Crippen LogP) is 2.13. The highest BCUT2D eigenvalue weighted by atomic mass is 16.1. The molecule has 1 fully saturated rings. The summed E-state index contributed by atoms with van der Waals surface area (Å²) in [6, 6.07) is 9.04. The van der Waals surface area contributed by atoms with Crippen molar-refractivity contribution in [2.75, 3.05) is 11.1 Å². The third-order valence-corrected chi connectivity index (χ3v) is 3.36. The van der Waals surface area contributed by atoms with Crippen LogP contribution in [0.15, 0.2) is 30.3 Å². The molecule has 1 saturated carbocycles. The summed E-state index contributed by atoms with van der Waals surface area (Å²) in [4.78, 5) is 12.1. The van der Waals surface area contributed by atoms with Gasteiger partial charge in [0.25, 0.3) is 5.91 Å². The van der Waals surface area contributed by atoms with Crippen molar-refractivity contribution in [3.05, 3.63) is 41.6 Å². The number of carbonyl (C=O) groups excluding carboxylic acids is 1. The fourth-order valence-corrected chi connectivity index (χ4v) is 2.26. The summed E-state index contributed by atoms with van der Waals surface area (Å²) in [5, 5.41) is 7.07. The van der Waals surface area contributed by atoms with Gasteiger partial charge in [-0.25, -0.2) is 0 Å². The summed E-state index contributed by atoms with van der Waals surface area (Å²) in [5.74, 6) is 0.769. The molecule has 1 aliphatic rings. The lowest BCUT2D eigenvalue weighted by Crippen LogP contribution is -2.13. The summed E-state index contributed by atoms with van der Waals surface area (Å²) in [6.45, 7) is 0. The van der Waals surface area contributed by atoms with Crippen molar-refractivity contribution in [2.24, 2.45) is 7.05 Å².